The lowest BCUT2D eigenvalue weighted by Crippen LogP contribution is -2.42. The second-order valence-corrected chi connectivity index (χ2v) is 9.74. The average molecular weight is 564 g/mol. The number of hydrogen-bond donors (Lipinski definition) is 2. The molecule has 5 aromatic rings. The molecule has 2 N–H and O–H groups in total. The van der Waals surface area contributed by atoms with E-state index in [-0.39, 0.29) is 23.0 Å². The fourth-order valence-corrected chi connectivity index (χ4v) is 5.03. The molecule has 0 saturated carbocycles. The summed E-state index contributed by atoms with van der Waals surface area (Å²) in [7, 11) is 0. The number of tetrazole rings is 1. The fourth-order valence-electron chi connectivity index (χ4n) is 4.88. The average Bonchev–Trinajstić information content (AvgIpc) is 3.73. The maximum Gasteiger partial charge on any atom is 0.260 e. The van der Waals surface area contributed by atoms with Crippen molar-refractivity contribution in [1.82, 2.24) is 34.9 Å². The van der Waals surface area contributed by atoms with Crippen LogP contribution < -0.4 is 9.46 Å². The highest BCUT2D eigenvalue weighted by Gasteiger charge is 2.32. The van der Waals surface area contributed by atoms with Crippen molar-refractivity contribution in [2.45, 2.75) is 18.9 Å². The lowest BCUT2D eigenvalue weighted by atomic mass is 10.0. The molecule has 0 bridgehead atoms. The molecule has 40 heavy (non-hydrogen) atoms. The molecule has 0 spiro atoms. The summed E-state index contributed by atoms with van der Waals surface area (Å²) in [5.74, 6) is -0.661. The van der Waals surface area contributed by atoms with E-state index in [0.29, 0.717) is 29.9 Å². The van der Waals surface area contributed by atoms with Gasteiger partial charge in [0.1, 0.15) is 6.33 Å². The molecule has 1 amide bonds. The fraction of sp³-hybridized carbons (Fsp3) is 0.192. The van der Waals surface area contributed by atoms with Gasteiger partial charge in [-0.2, -0.15) is 9.78 Å². The van der Waals surface area contributed by atoms with Crippen molar-refractivity contribution in [2.24, 2.45) is 0 Å². The molecule has 1 atom stereocenters. The summed E-state index contributed by atoms with van der Waals surface area (Å²) >= 11 is 6.10. The molecule has 5 heterocycles. The number of pyridine rings is 2. The first-order chi connectivity index (χ1) is 19.4. The zero-order valence-electron chi connectivity index (χ0n) is 20.9. The summed E-state index contributed by atoms with van der Waals surface area (Å²) < 4.78 is 20.1. The Morgan fingerprint density at radius 3 is 2.60 bits per heavy atom. The second-order valence-electron chi connectivity index (χ2n) is 9.33. The van der Waals surface area contributed by atoms with Gasteiger partial charge in [-0.1, -0.05) is 11.6 Å². The van der Waals surface area contributed by atoms with Gasteiger partial charge in [0.05, 0.1) is 34.6 Å². The van der Waals surface area contributed by atoms with Gasteiger partial charge in [0.25, 0.3) is 5.69 Å². The Kier molecular flexibility index (Phi) is 6.56. The molecule has 1 aromatic carbocycles. The number of rotatable bonds is 7. The Bertz CT molecular complexity index is 1690. The molecule has 6 rings (SSSR count). The predicted molar refractivity (Wildman–Crippen MR) is 136 cm³/mol. The summed E-state index contributed by atoms with van der Waals surface area (Å²) in [4.78, 5) is 14.2. The summed E-state index contributed by atoms with van der Waals surface area (Å²) in [5.41, 5.74) is 2.80. The Labute approximate surface area is 231 Å². The van der Waals surface area contributed by atoms with Crippen LogP contribution in [0.1, 0.15) is 24.6 Å². The molecule has 0 radical (unpaired) electrons. The second kappa shape index (κ2) is 10.3. The highest BCUT2D eigenvalue weighted by molar-refractivity contribution is 6.31. The van der Waals surface area contributed by atoms with Crippen molar-refractivity contribution in [3.05, 3.63) is 90.2 Å². The normalized spacial score (nSPS) is 14.2. The van der Waals surface area contributed by atoms with Crippen molar-refractivity contribution in [3.8, 4) is 27.9 Å². The van der Waals surface area contributed by atoms with Crippen molar-refractivity contribution in [2.75, 3.05) is 13.1 Å². The summed E-state index contributed by atoms with van der Waals surface area (Å²) in [6, 6.07) is 9.22. The van der Waals surface area contributed by atoms with Crippen LogP contribution in [0.4, 0.5) is 4.39 Å². The molecule has 0 aliphatic carbocycles. The third kappa shape index (κ3) is 4.71. The van der Waals surface area contributed by atoms with Gasteiger partial charge in [0.15, 0.2) is 11.9 Å². The van der Waals surface area contributed by atoms with Crippen LogP contribution in [0.3, 0.4) is 0 Å². The number of aromatic nitrogens is 8. The van der Waals surface area contributed by atoms with Gasteiger partial charge >= 0.3 is 0 Å². The van der Waals surface area contributed by atoms with E-state index < -0.39 is 11.9 Å². The highest BCUT2D eigenvalue weighted by Crippen LogP contribution is 2.33. The molecule has 1 fully saturated rings. The van der Waals surface area contributed by atoms with E-state index in [1.807, 2.05) is 6.20 Å². The van der Waals surface area contributed by atoms with E-state index in [2.05, 4.69) is 20.6 Å². The Hall–Kier alpha value is -4.91. The minimum absolute atomic E-state index is 0.0288. The number of halogens is 2. The Morgan fingerprint density at radius 1 is 1.07 bits per heavy atom. The maximum absolute atomic E-state index is 15.3. The van der Waals surface area contributed by atoms with Crippen LogP contribution in [0.25, 0.3) is 27.9 Å². The first-order valence-corrected chi connectivity index (χ1v) is 12.8. The first-order valence-electron chi connectivity index (χ1n) is 12.4. The van der Waals surface area contributed by atoms with Gasteiger partial charge in [-0.15, -0.1) is 5.10 Å². The van der Waals surface area contributed by atoms with E-state index in [1.165, 1.54) is 35.7 Å². The van der Waals surface area contributed by atoms with Crippen molar-refractivity contribution in [3.63, 3.8) is 0 Å². The summed E-state index contributed by atoms with van der Waals surface area (Å²) in [6.45, 7) is 0.873. The van der Waals surface area contributed by atoms with E-state index in [1.54, 1.807) is 46.1 Å². The largest absolute Gasteiger partial charge is 0.340 e. The molecule has 14 heteroatoms. The number of nitrogens with zero attached hydrogens (tertiary/aromatic N) is 9. The number of amides is 1. The quantitative estimate of drug-likeness (QED) is 0.229. The van der Waals surface area contributed by atoms with Crippen LogP contribution in [0.5, 0.6) is 0 Å². The monoisotopic (exact) mass is 563 g/mol. The minimum atomic E-state index is -0.689. The molecule has 12 nitrogen and oxygen atoms in total. The lowest BCUT2D eigenvalue weighted by molar-refractivity contribution is -0.910. The van der Waals surface area contributed by atoms with Gasteiger partial charge < -0.3 is 4.90 Å². The molecular formula is C26H23ClFN9O3+2. The molecule has 1 saturated heterocycles. The highest BCUT2D eigenvalue weighted by atomic mass is 35.5. The Balaban J connectivity index is 1.41. The van der Waals surface area contributed by atoms with Crippen molar-refractivity contribution < 1.29 is 29.1 Å². The number of benzene rings is 1. The molecule has 1 aliphatic rings. The number of hydrogen-bond acceptors (Lipinski definition) is 7. The standard InChI is InChI=1S/C26H23ClFN9O3/c27-20-4-6-22(36-16-29-31-32-36)25(26(20)28)18-3-5-21(37(40)14-18)23(15-33-9-1-2-24(33)38)35-13-19(12-30-35)17-7-10-34(39)11-8-17/h3-8,10-14,16,23,39-40H,1-2,9,15H2/q+2/t23-/m1/s1. The van der Waals surface area contributed by atoms with Crippen LogP contribution in [0.15, 0.2) is 73.7 Å². The summed E-state index contributed by atoms with van der Waals surface area (Å²) in [6.07, 6.45) is 10.4. The van der Waals surface area contributed by atoms with Crippen molar-refractivity contribution >= 4 is 17.5 Å². The smallest absolute Gasteiger partial charge is 0.260 e. The predicted octanol–water partition coefficient (Wildman–Crippen LogP) is 2.25. The molecule has 1 aliphatic heterocycles. The number of likely N-dealkylation sites (tertiary alicyclic amines) is 1. The third-order valence-electron chi connectivity index (χ3n) is 6.89. The maximum atomic E-state index is 15.3. The van der Waals surface area contributed by atoms with Gasteiger partial charge in [-0.05, 0) is 40.6 Å². The van der Waals surface area contributed by atoms with E-state index in [0.717, 1.165) is 27.0 Å². The van der Waals surface area contributed by atoms with Crippen LogP contribution in [0.2, 0.25) is 5.02 Å². The minimum Gasteiger partial charge on any atom is -0.340 e. The van der Waals surface area contributed by atoms with E-state index in [4.69, 9.17) is 11.6 Å². The molecular weight excluding hydrogens is 541 g/mol. The number of carbonyl (C=O) groups excluding carboxylic acids is 1. The van der Waals surface area contributed by atoms with Gasteiger partial charge in [-0.3, -0.25) is 19.9 Å². The van der Waals surface area contributed by atoms with Crippen LogP contribution in [0, 0.1) is 5.82 Å². The molecule has 202 valence electrons. The number of carbonyl (C=O) groups is 1. The first kappa shape index (κ1) is 25.4. The zero-order valence-corrected chi connectivity index (χ0v) is 21.7. The lowest BCUT2D eigenvalue weighted by Gasteiger charge is -2.22. The topological polar surface area (TPSA) is 130 Å². The van der Waals surface area contributed by atoms with Crippen LogP contribution in [-0.4, -0.2) is 64.3 Å². The SMILES string of the molecule is O=C1CCCN1C[C@H](c1ccc(-c2c(-n3cnnn3)ccc(Cl)c2F)c[n+]1O)n1cc(-c2cc[n+](O)cc2)cn1. The Morgan fingerprint density at radius 2 is 1.90 bits per heavy atom. The zero-order chi connectivity index (χ0) is 27.8. The van der Waals surface area contributed by atoms with E-state index in [9.17, 15) is 15.2 Å². The van der Waals surface area contributed by atoms with Crippen molar-refractivity contribution in [1.29, 1.82) is 0 Å². The molecule has 0 unspecified atom stereocenters. The van der Waals surface area contributed by atoms with Crippen LogP contribution in [-0.2, 0) is 4.79 Å². The summed E-state index contributed by atoms with van der Waals surface area (Å²) in [5, 5.41) is 36.3. The third-order valence-corrected chi connectivity index (χ3v) is 7.18. The van der Waals surface area contributed by atoms with E-state index >= 15 is 4.39 Å². The van der Waals surface area contributed by atoms with Gasteiger partial charge in [-0.25, -0.2) is 4.39 Å². The van der Waals surface area contributed by atoms with Gasteiger partial charge in [0.2, 0.25) is 24.5 Å². The van der Waals surface area contributed by atoms with Crippen LogP contribution >= 0.6 is 11.6 Å². The van der Waals surface area contributed by atoms with Gasteiger partial charge in [0, 0.05) is 52.4 Å². The molecule has 4 aromatic heterocycles.